The topological polar surface area (TPSA) is 292 Å². The SMILES string of the molecule is CC(=O)N(O)CCCC1CC(=O)CNC(=O)C(CO)CC(=O)CNC(=O)C(CCCN(O)C(C)=O)NC(=O)C(CCCN(O)C(C)=O)NC1=O. The third-order valence-electron chi connectivity index (χ3n) is 7.83. The second-order valence-corrected chi connectivity index (χ2v) is 12.0. The molecule has 20 nitrogen and oxygen atoms in total. The number of amides is 7. The van der Waals surface area contributed by atoms with Gasteiger partial charge in [-0.2, -0.15) is 0 Å². The quantitative estimate of drug-likeness (QED) is 0.0718. The molecule has 0 saturated carbocycles. The predicted octanol–water partition coefficient (Wildman–Crippen LogP) is -2.60. The van der Waals surface area contributed by atoms with E-state index in [9.17, 15) is 63.9 Å². The van der Waals surface area contributed by atoms with Crippen LogP contribution in [0.1, 0.15) is 72.1 Å². The minimum Gasteiger partial charge on any atom is -0.396 e. The molecule has 1 rings (SSSR count). The molecule has 0 aromatic heterocycles. The average molecular weight is 716 g/mol. The van der Waals surface area contributed by atoms with Crippen LogP contribution in [-0.4, -0.2) is 140 Å². The number of carbonyl (C=O) groups excluding carboxylic acids is 9. The summed E-state index contributed by atoms with van der Waals surface area (Å²) in [5.41, 5.74) is 0. The van der Waals surface area contributed by atoms with Crippen LogP contribution in [-0.2, 0) is 43.2 Å². The van der Waals surface area contributed by atoms with Crippen molar-refractivity contribution in [2.75, 3.05) is 39.3 Å². The van der Waals surface area contributed by atoms with Gasteiger partial charge in [0.2, 0.25) is 41.4 Å². The molecular weight excluding hydrogens is 666 g/mol. The van der Waals surface area contributed by atoms with Crippen LogP contribution in [0.15, 0.2) is 0 Å². The predicted molar refractivity (Wildman–Crippen MR) is 168 cm³/mol. The fourth-order valence-corrected chi connectivity index (χ4v) is 4.85. The van der Waals surface area contributed by atoms with Crippen molar-refractivity contribution in [3.63, 3.8) is 0 Å². The van der Waals surface area contributed by atoms with Gasteiger partial charge in [-0.25, -0.2) is 15.2 Å². The minimum absolute atomic E-state index is 0.00339. The maximum atomic E-state index is 13.6. The number of carbonyl (C=O) groups is 9. The number of nitrogens with one attached hydrogen (secondary N) is 4. The van der Waals surface area contributed by atoms with Crippen LogP contribution >= 0.6 is 0 Å². The van der Waals surface area contributed by atoms with E-state index in [2.05, 4.69) is 21.3 Å². The second kappa shape index (κ2) is 22.2. The number of aliphatic hydroxyl groups excluding tert-OH is 1. The van der Waals surface area contributed by atoms with E-state index >= 15 is 0 Å². The number of hydroxylamine groups is 6. The zero-order valence-corrected chi connectivity index (χ0v) is 28.5. The Labute approximate surface area is 288 Å². The van der Waals surface area contributed by atoms with Crippen LogP contribution in [0.5, 0.6) is 0 Å². The molecule has 20 heteroatoms. The first-order chi connectivity index (χ1) is 23.5. The summed E-state index contributed by atoms with van der Waals surface area (Å²) in [4.78, 5) is 113. The fraction of sp³-hybridized carbons (Fsp3) is 0.700. The summed E-state index contributed by atoms with van der Waals surface area (Å²) >= 11 is 0. The van der Waals surface area contributed by atoms with Gasteiger partial charge in [-0.3, -0.25) is 58.8 Å². The lowest BCUT2D eigenvalue weighted by atomic mass is 9.94. The largest absolute Gasteiger partial charge is 0.396 e. The summed E-state index contributed by atoms with van der Waals surface area (Å²) in [5.74, 6) is -9.07. The minimum atomic E-state index is -1.39. The molecule has 1 aliphatic rings. The molecule has 0 bridgehead atoms. The number of nitrogens with zero attached hydrogens (tertiary/aromatic N) is 3. The van der Waals surface area contributed by atoms with E-state index in [1.54, 1.807) is 0 Å². The molecule has 4 atom stereocenters. The van der Waals surface area contributed by atoms with Crippen molar-refractivity contribution in [3.05, 3.63) is 0 Å². The van der Waals surface area contributed by atoms with Gasteiger partial charge in [0.15, 0.2) is 11.6 Å². The van der Waals surface area contributed by atoms with Crippen molar-refractivity contribution in [2.24, 2.45) is 11.8 Å². The highest BCUT2D eigenvalue weighted by molar-refractivity contribution is 5.96. The monoisotopic (exact) mass is 715 g/mol. The first kappa shape index (κ1) is 43.5. The fourth-order valence-electron chi connectivity index (χ4n) is 4.85. The van der Waals surface area contributed by atoms with Crippen molar-refractivity contribution in [3.8, 4) is 0 Å². The van der Waals surface area contributed by atoms with Crippen LogP contribution in [0, 0.1) is 11.8 Å². The first-order valence-electron chi connectivity index (χ1n) is 16.2. The molecule has 1 fully saturated rings. The van der Waals surface area contributed by atoms with Crippen LogP contribution < -0.4 is 21.3 Å². The lowest BCUT2D eigenvalue weighted by Gasteiger charge is -2.26. The van der Waals surface area contributed by atoms with Crippen LogP contribution in [0.2, 0.25) is 0 Å². The molecule has 1 heterocycles. The number of ketones is 2. The second-order valence-electron chi connectivity index (χ2n) is 12.0. The molecule has 0 aromatic carbocycles. The van der Waals surface area contributed by atoms with E-state index < -0.39 is 109 Å². The van der Waals surface area contributed by atoms with E-state index in [-0.39, 0.29) is 58.2 Å². The third kappa shape index (κ3) is 16.2. The van der Waals surface area contributed by atoms with Gasteiger partial charge in [-0.1, -0.05) is 0 Å². The van der Waals surface area contributed by atoms with E-state index in [0.29, 0.717) is 15.2 Å². The van der Waals surface area contributed by atoms with Crippen LogP contribution in [0.3, 0.4) is 0 Å². The van der Waals surface area contributed by atoms with E-state index in [1.165, 1.54) is 0 Å². The zero-order valence-electron chi connectivity index (χ0n) is 28.5. The van der Waals surface area contributed by atoms with Gasteiger partial charge in [-0.05, 0) is 38.5 Å². The Morgan fingerprint density at radius 2 is 0.960 bits per heavy atom. The number of hydrogen-bond acceptors (Lipinski definition) is 13. The molecule has 4 unspecified atom stereocenters. The summed E-state index contributed by atoms with van der Waals surface area (Å²) < 4.78 is 0. The molecule has 282 valence electrons. The summed E-state index contributed by atoms with van der Waals surface area (Å²) in [5, 5.41) is 49.9. The Morgan fingerprint density at radius 3 is 1.40 bits per heavy atom. The highest BCUT2D eigenvalue weighted by Gasteiger charge is 2.31. The van der Waals surface area contributed by atoms with Crippen molar-refractivity contribution in [2.45, 2.75) is 84.2 Å². The normalized spacial score (nSPS) is 21.5. The molecule has 0 radical (unpaired) electrons. The standard InChI is InChI=1S/C30H49N7O13/c1-18(39)35(48)10-4-7-21-13-23(42)15-31-27(44)22(17-38)14-24(43)16-32-29(46)25(8-5-11-36(49)19(2)40)34-30(47)26(33-28(21)45)9-6-12-37(50)20(3)41/h21-22,25-26,38,48-50H,4-17H2,1-3H3,(H,31,44)(H,32,46)(H,33,45)(H,34,47). The van der Waals surface area contributed by atoms with E-state index in [1.807, 2.05) is 0 Å². The smallest absolute Gasteiger partial charge is 0.243 e. The molecule has 0 aliphatic carbocycles. The zero-order chi connectivity index (χ0) is 38.0. The Balaban J connectivity index is 3.45. The number of Topliss-reactive ketones (excluding diaryl/α,β-unsaturated/α-hetero) is 2. The molecule has 7 amide bonds. The van der Waals surface area contributed by atoms with Crippen molar-refractivity contribution < 1.29 is 63.9 Å². The number of hydrogen-bond donors (Lipinski definition) is 8. The molecular formula is C30H49N7O13. The van der Waals surface area contributed by atoms with Gasteiger partial charge in [-0.15, -0.1) is 0 Å². The van der Waals surface area contributed by atoms with Gasteiger partial charge in [0, 0.05) is 59.2 Å². The molecule has 0 spiro atoms. The van der Waals surface area contributed by atoms with Crippen LogP contribution in [0.25, 0.3) is 0 Å². The maximum absolute atomic E-state index is 13.6. The van der Waals surface area contributed by atoms with E-state index in [0.717, 1.165) is 20.8 Å². The summed E-state index contributed by atoms with van der Waals surface area (Å²) in [7, 11) is 0. The Bertz CT molecular complexity index is 1220. The van der Waals surface area contributed by atoms with Gasteiger partial charge >= 0.3 is 0 Å². The van der Waals surface area contributed by atoms with Crippen molar-refractivity contribution in [1.82, 2.24) is 36.5 Å². The number of aliphatic hydroxyl groups is 1. The maximum Gasteiger partial charge on any atom is 0.243 e. The Hall–Kier alpha value is -4.53. The number of rotatable bonds is 13. The molecule has 1 saturated heterocycles. The van der Waals surface area contributed by atoms with Crippen molar-refractivity contribution in [1.29, 1.82) is 0 Å². The molecule has 8 N–H and O–H groups in total. The summed E-state index contributed by atoms with van der Waals surface area (Å²) in [6, 6.07) is -2.75. The van der Waals surface area contributed by atoms with Gasteiger partial charge in [0.1, 0.15) is 12.1 Å². The summed E-state index contributed by atoms with van der Waals surface area (Å²) in [6.45, 7) is 0.760. The molecule has 50 heavy (non-hydrogen) atoms. The van der Waals surface area contributed by atoms with Gasteiger partial charge < -0.3 is 26.4 Å². The highest BCUT2D eigenvalue weighted by atomic mass is 16.5. The van der Waals surface area contributed by atoms with E-state index in [4.69, 9.17) is 0 Å². The molecule has 1 aliphatic heterocycles. The van der Waals surface area contributed by atoms with Crippen molar-refractivity contribution >= 4 is 52.9 Å². The lowest BCUT2D eigenvalue weighted by Crippen LogP contribution is -2.55. The van der Waals surface area contributed by atoms with Gasteiger partial charge in [0.25, 0.3) is 0 Å². The first-order valence-corrected chi connectivity index (χ1v) is 16.2. The highest BCUT2D eigenvalue weighted by Crippen LogP contribution is 2.15. The van der Waals surface area contributed by atoms with Crippen LogP contribution in [0.4, 0.5) is 0 Å². The molecule has 0 aromatic rings. The Kier molecular flexibility index (Phi) is 19.3. The Morgan fingerprint density at radius 1 is 0.580 bits per heavy atom. The van der Waals surface area contributed by atoms with Gasteiger partial charge in [0.05, 0.1) is 25.6 Å². The summed E-state index contributed by atoms with van der Waals surface area (Å²) in [6.07, 6.45) is -1.32. The third-order valence-corrected chi connectivity index (χ3v) is 7.83. The average Bonchev–Trinajstić information content (AvgIpc) is 3.05. The lowest BCUT2D eigenvalue weighted by molar-refractivity contribution is -0.163.